The summed E-state index contributed by atoms with van der Waals surface area (Å²) in [5.74, 6) is -0.105. The van der Waals surface area contributed by atoms with E-state index in [9.17, 15) is 32.7 Å². The van der Waals surface area contributed by atoms with Crippen LogP contribution in [-0.2, 0) is 35.6 Å². The van der Waals surface area contributed by atoms with E-state index in [-0.39, 0.29) is 66.9 Å². The Hall–Kier alpha value is -6.75. The molecule has 0 bridgehead atoms. The van der Waals surface area contributed by atoms with Gasteiger partial charge in [-0.05, 0) is 87.3 Å². The standard InChI is InChI=1S/C56H74N12O8S2/c1-35(2)78(74,75)47-13-10-9-12-42(47)61-54-58-33-59-55(64-54)62-43-28-36(3)44(30-46(43)76-8)66-22-20-40(21-23-66)65-24-26-67(27-25-65)49(71)15-11-14-48(70)63-51(56(5,6)7)53(73)68-32-41(69)29-45(68)52(72)57-31-38-16-18-39(19-17-38)50-37(4)60-34-77-50/h9-10,12-13,16-19,28,30,33-35,40-41,45,51,69H,11,14-15,20-27,29,31-32H2,1-8H3,(H,57,72)(H,63,70)(H2,58,59,61,62,64)/t41-,45+,51?/m1/s1. The number of aliphatic hydroxyl groups excluding tert-OH is 1. The Morgan fingerprint density at radius 3 is 2.19 bits per heavy atom. The average molecular weight is 1110 g/mol. The van der Waals surface area contributed by atoms with Crippen molar-refractivity contribution in [2.45, 2.75) is 128 Å². The van der Waals surface area contributed by atoms with Crippen LogP contribution in [0.3, 0.4) is 0 Å². The van der Waals surface area contributed by atoms with Gasteiger partial charge in [-0.2, -0.15) is 4.98 Å². The van der Waals surface area contributed by atoms with Crippen LogP contribution in [0.2, 0.25) is 0 Å². The summed E-state index contributed by atoms with van der Waals surface area (Å²) >= 11 is 1.57. The number of β-amino-alcohol motifs (C(OH)–C–C–N with tert-alkyl or cyclic N) is 1. The highest BCUT2D eigenvalue weighted by atomic mass is 32.2. The summed E-state index contributed by atoms with van der Waals surface area (Å²) in [6.45, 7) is 17.5. The van der Waals surface area contributed by atoms with Gasteiger partial charge in [0.2, 0.25) is 35.5 Å². The molecule has 3 fully saturated rings. The molecular formula is C56H74N12O8S2. The average Bonchev–Trinajstić information content (AvgIpc) is 4.09. The molecule has 20 nitrogen and oxygen atoms in total. The summed E-state index contributed by atoms with van der Waals surface area (Å²) in [5, 5.41) is 22.2. The lowest BCUT2D eigenvalue weighted by atomic mass is 9.85. The molecule has 0 radical (unpaired) electrons. The van der Waals surface area contributed by atoms with Crippen molar-refractivity contribution in [1.82, 2.24) is 45.3 Å². The van der Waals surface area contributed by atoms with Gasteiger partial charge in [-0.1, -0.05) is 57.2 Å². The Labute approximate surface area is 461 Å². The second-order valence-electron chi connectivity index (χ2n) is 21.7. The zero-order valence-corrected chi connectivity index (χ0v) is 47.5. The van der Waals surface area contributed by atoms with Crippen molar-refractivity contribution in [3.63, 3.8) is 0 Å². The third-order valence-electron chi connectivity index (χ3n) is 14.9. The Morgan fingerprint density at radius 1 is 0.872 bits per heavy atom. The number of benzene rings is 3. The second-order valence-corrected chi connectivity index (χ2v) is 25.1. The van der Waals surface area contributed by atoms with E-state index in [0.29, 0.717) is 42.7 Å². The van der Waals surface area contributed by atoms with Crippen LogP contribution in [0.4, 0.5) is 29.0 Å². The maximum atomic E-state index is 14.2. The monoisotopic (exact) mass is 1110 g/mol. The number of piperazine rings is 1. The number of nitrogens with one attached hydrogen (secondary N) is 4. The van der Waals surface area contributed by atoms with Gasteiger partial charge in [0.15, 0.2) is 9.84 Å². The molecule has 78 heavy (non-hydrogen) atoms. The van der Waals surface area contributed by atoms with E-state index in [1.807, 2.05) is 74.5 Å². The van der Waals surface area contributed by atoms with Crippen molar-refractivity contribution >= 4 is 73.8 Å². The number of anilines is 5. The topological polar surface area (TPSA) is 245 Å². The van der Waals surface area contributed by atoms with Gasteiger partial charge in [-0.25, -0.2) is 23.4 Å². The highest BCUT2D eigenvalue weighted by molar-refractivity contribution is 7.92. The molecule has 3 aliphatic rings. The third kappa shape index (κ3) is 13.7. The van der Waals surface area contributed by atoms with Gasteiger partial charge < -0.3 is 45.8 Å². The van der Waals surface area contributed by atoms with E-state index in [2.05, 4.69) is 57.9 Å². The molecule has 1 unspecified atom stereocenters. The maximum Gasteiger partial charge on any atom is 0.246 e. The lowest BCUT2D eigenvalue weighted by molar-refractivity contribution is -0.144. The molecule has 418 valence electrons. The minimum atomic E-state index is -3.57. The number of thiazole rings is 1. The summed E-state index contributed by atoms with van der Waals surface area (Å²) in [5.41, 5.74) is 7.15. The summed E-state index contributed by atoms with van der Waals surface area (Å²) in [6.07, 6.45) is 3.08. The molecule has 5 N–H and O–H groups in total. The first-order valence-corrected chi connectivity index (χ1v) is 29.2. The number of ether oxygens (including phenoxy) is 1. The van der Waals surface area contributed by atoms with Crippen LogP contribution in [-0.4, -0.2) is 154 Å². The molecule has 3 aromatic carbocycles. The number of carbonyl (C=O) groups excluding carboxylic acids is 4. The zero-order chi connectivity index (χ0) is 55.9. The number of sulfone groups is 1. The first-order chi connectivity index (χ1) is 37.2. The van der Waals surface area contributed by atoms with Crippen molar-refractivity contribution in [2.24, 2.45) is 5.41 Å². The number of nitrogens with zero attached hydrogens (tertiary/aromatic N) is 8. The molecule has 3 saturated heterocycles. The Balaban J connectivity index is 0.768. The summed E-state index contributed by atoms with van der Waals surface area (Å²) < 4.78 is 31.9. The van der Waals surface area contributed by atoms with Crippen molar-refractivity contribution in [1.29, 1.82) is 0 Å². The number of likely N-dealkylation sites (tertiary alicyclic amines) is 1. The maximum absolute atomic E-state index is 14.2. The van der Waals surface area contributed by atoms with E-state index < -0.39 is 44.6 Å². The number of amides is 4. The highest BCUT2D eigenvalue weighted by Gasteiger charge is 2.44. The van der Waals surface area contributed by atoms with Crippen LogP contribution >= 0.6 is 11.3 Å². The molecular weight excluding hydrogens is 1030 g/mol. The Kier molecular flexibility index (Phi) is 18.4. The van der Waals surface area contributed by atoms with E-state index >= 15 is 0 Å². The van der Waals surface area contributed by atoms with Crippen LogP contribution in [0.15, 0.2) is 77.4 Å². The van der Waals surface area contributed by atoms with Crippen LogP contribution in [0.5, 0.6) is 5.75 Å². The number of carbonyl (C=O) groups is 4. The highest BCUT2D eigenvalue weighted by Crippen LogP contribution is 2.37. The van der Waals surface area contributed by atoms with E-state index in [1.54, 1.807) is 56.6 Å². The minimum absolute atomic E-state index is 0.00179. The van der Waals surface area contributed by atoms with Gasteiger partial charge in [-0.3, -0.25) is 24.1 Å². The van der Waals surface area contributed by atoms with Gasteiger partial charge in [0.05, 0.1) is 50.8 Å². The van der Waals surface area contributed by atoms with Gasteiger partial charge in [-0.15, -0.1) is 11.3 Å². The number of methoxy groups -OCH3 is 1. The lowest BCUT2D eigenvalue weighted by Crippen LogP contribution is -2.57. The second kappa shape index (κ2) is 24.9. The Bertz CT molecular complexity index is 3040. The number of aryl methyl sites for hydroxylation is 2. The number of aliphatic hydroxyl groups is 1. The van der Waals surface area contributed by atoms with Crippen molar-refractivity contribution < 1.29 is 37.4 Å². The van der Waals surface area contributed by atoms with E-state index in [0.717, 1.165) is 72.0 Å². The number of para-hydroxylation sites is 1. The van der Waals surface area contributed by atoms with Crippen molar-refractivity contribution in [3.05, 3.63) is 89.3 Å². The SMILES string of the molecule is COc1cc(N2CCC(N3CCN(C(=O)CCCC(=O)NC(C(=O)N4C[C@H](O)C[C@H]4C(=O)NCc4ccc(-c5scnc5C)cc4)C(C)(C)C)CC3)CC2)c(C)cc1Nc1ncnc(Nc2ccccc2S(=O)(=O)C(C)C)n1. The fourth-order valence-corrected chi connectivity index (χ4v) is 12.4. The molecule has 8 rings (SSSR count). The first-order valence-electron chi connectivity index (χ1n) is 26.8. The molecule has 3 aliphatic heterocycles. The minimum Gasteiger partial charge on any atom is -0.494 e. The summed E-state index contributed by atoms with van der Waals surface area (Å²) in [6, 6.07) is 17.1. The fourth-order valence-electron chi connectivity index (χ4n) is 10.4. The van der Waals surface area contributed by atoms with Gasteiger partial charge in [0.25, 0.3) is 0 Å². The molecule has 0 saturated carbocycles. The molecule has 4 amide bonds. The van der Waals surface area contributed by atoms with Crippen molar-refractivity contribution in [3.8, 4) is 16.2 Å². The largest absolute Gasteiger partial charge is 0.494 e. The number of hydrogen-bond donors (Lipinski definition) is 5. The number of piperidine rings is 1. The summed E-state index contributed by atoms with van der Waals surface area (Å²) in [7, 11) is -1.95. The summed E-state index contributed by atoms with van der Waals surface area (Å²) in [4.78, 5) is 81.3. The molecule has 0 aliphatic carbocycles. The van der Waals surface area contributed by atoms with E-state index in [1.165, 1.54) is 11.2 Å². The Morgan fingerprint density at radius 2 is 1.55 bits per heavy atom. The van der Waals surface area contributed by atoms with Crippen LogP contribution in [0.25, 0.3) is 10.4 Å². The fraction of sp³-hybridized carbons (Fsp3) is 0.500. The quantitative estimate of drug-likeness (QED) is 0.0602. The van der Waals surface area contributed by atoms with E-state index in [4.69, 9.17) is 4.74 Å². The third-order valence-corrected chi connectivity index (χ3v) is 18.1. The predicted molar refractivity (Wildman–Crippen MR) is 302 cm³/mol. The molecule has 0 spiro atoms. The molecule has 5 heterocycles. The van der Waals surface area contributed by atoms with Crippen LogP contribution < -0.4 is 30.9 Å². The molecule has 3 atom stereocenters. The molecule has 2 aromatic heterocycles. The van der Waals surface area contributed by atoms with Crippen LogP contribution in [0.1, 0.15) is 90.0 Å². The first kappa shape index (κ1) is 57.4. The lowest BCUT2D eigenvalue weighted by Gasteiger charge is -2.43. The van der Waals surface area contributed by atoms with Gasteiger partial charge in [0.1, 0.15) is 24.2 Å². The normalized spacial score (nSPS) is 17.9. The molecule has 22 heteroatoms. The number of rotatable bonds is 19. The number of hydrogen-bond acceptors (Lipinski definition) is 17. The van der Waals surface area contributed by atoms with Crippen molar-refractivity contribution in [2.75, 3.05) is 68.5 Å². The van der Waals surface area contributed by atoms with Gasteiger partial charge in [0, 0.05) is 89.4 Å². The predicted octanol–water partition coefficient (Wildman–Crippen LogP) is 6.38. The van der Waals surface area contributed by atoms with Crippen LogP contribution in [0, 0.1) is 19.3 Å². The molecule has 5 aromatic rings. The smallest absolute Gasteiger partial charge is 0.246 e. The zero-order valence-electron chi connectivity index (χ0n) is 45.9. The van der Waals surface area contributed by atoms with Gasteiger partial charge >= 0.3 is 0 Å². The number of aromatic nitrogens is 4.